The number of carbonyl (C=O) groups is 1. The number of anilines is 1. The number of para-hydroxylation sites is 1. The third-order valence-corrected chi connectivity index (χ3v) is 3.80. The number of ether oxygens (including phenoxy) is 2. The van der Waals surface area contributed by atoms with Crippen LogP contribution in [0.15, 0.2) is 42.5 Å². The van der Waals surface area contributed by atoms with Gasteiger partial charge >= 0.3 is 0 Å². The van der Waals surface area contributed by atoms with Crippen LogP contribution < -0.4 is 14.8 Å². The molecule has 122 valence electrons. The number of benzene rings is 2. The predicted octanol–water partition coefficient (Wildman–Crippen LogP) is 3.84. The Kier molecular flexibility index (Phi) is 6.03. The molecule has 2 rings (SSSR count). The number of hydrogen-bond donors (Lipinski definition) is 1. The standard InChI is InChI=1S/C19H23NO3/c1-4-14-8-5-6-9-16(14)20-19(21)13-12-15-17(22-2)10-7-11-18(15)23-3/h5-11H,4,12-13H2,1-3H3,(H,20,21). The zero-order valence-electron chi connectivity index (χ0n) is 13.9. The highest BCUT2D eigenvalue weighted by Gasteiger charge is 2.12. The maximum absolute atomic E-state index is 12.3. The van der Waals surface area contributed by atoms with E-state index in [0.29, 0.717) is 12.8 Å². The second-order valence-electron chi connectivity index (χ2n) is 5.20. The summed E-state index contributed by atoms with van der Waals surface area (Å²) in [6.45, 7) is 2.07. The van der Waals surface area contributed by atoms with Gasteiger partial charge in [0.05, 0.1) is 14.2 Å². The topological polar surface area (TPSA) is 47.6 Å². The Labute approximate surface area is 137 Å². The van der Waals surface area contributed by atoms with Crippen LogP contribution in [0.5, 0.6) is 11.5 Å². The molecule has 0 unspecified atom stereocenters. The Bertz CT molecular complexity index is 645. The molecule has 23 heavy (non-hydrogen) atoms. The first-order valence-electron chi connectivity index (χ1n) is 7.77. The van der Waals surface area contributed by atoms with E-state index in [1.165, 1.54) is 0 Å². The fraction of sp³-hybridized carbons (Fsp3) is 0.316. The molecule has 4 nitrogen and oxygen atoms in total. The SMILES string of the molecule is CCc1ccccc1NC(=O)CCc1c(OC)cccc1OC. The maximum atomic E-state index is 12.3. The van der Waals surface area contributed by atoms with Crippen molar-refractivity contribution in [1.82, 2.24) is 0 Å². The van der Waals surface area contributed by atoms with Gasteiger partial charge in [-0.2, -0.15) is 0 Å². The number of nitrogens with one attached hydrogen (secondary N) is 1. The molecule has 0 saturated heterocycles. The molecule has 2 aromatic rings. The van der Waals surface area contributed by atoms with Crippen molar-refractivity contribution in [3.63, 3.8) is 0 Å². The summed E-state index contributed by atoms with van der Waals surface area (Å²) in [5.74, 6) is 1.47. The minimum atomic E-state index is -0.0149. The van der Waals surface area contributed by atoms with Crippen LogP contribution >= 0.6 is 0 Å². The fourth-order valence-corrected chi connectivity index (χ4v) is 2.58. The van der Waals surface area contributed by atoms with Crippen LogP contribution in [0.2, 0.25) is 0 Å². The highest BCUT2D eigenvalue weighted by Crippen LogP contribution is 2.29. The van der Waals surface area contributed by atoms with Gasteiger partial charge in [-0.25, -0.2) is 0 Å². The van der Waals surface area contributed by atoms with E-state index in [-0.39, 0.29) is 5.91 Å². The Morgan fingerprint density at radius 1 is 1.00 bits per heavy atom. The van der Waals surface area contributed by atoms with E-state index in [9.17, 15) is 4.79 Å². The second-order valence-corrected chi connectivity index (χ2v) is 5.20. The third-order valence-electron chi connectivity index (χ3n) is 3.80. The van der Waals surface area contributed by atoms with Crippen molar-refractivity contribution in [3.05, 3.63) is 53.6 Å². The Morgan fingerprint density at radius 3 is 2.26 bits per heavy atom. The van der Waals surface area contributed by atoms with E-state index in [4.69, 9.17) is 9.47 Å². The van der Waals surface area contributed by atoms with E-state index in [1.54, 1.807) is 14.2 Å². The van der Waals surface area contributed by atoms with Crippen molar-refractivity contribution >= 4 is 11.6 Å². The van der Waals surface area contributed by atoms with Crippen LogP contribution in [0.25, 0.3) is 0 Å². The van der Waals surface area contributed by atoms with Crippen LogP contribution in [0.4, 0.5) is 5.69 Å². The molecular formula is C19H23NO3. The zero-order valence-corrected chi connectivity index (χ0v) is 13.9. The third kappa shape index (κ3) is 4.25. The molecule has 0 fully saturated rings. The van der Waals surface area contributed by atoms with Gasteiger partial charge < -0.3 is 14.8 Å². The summed E-state index contributed by atoms with van der Waals surface area (Å²) >= 11 is 0. The molecule has 4 heteroatoms. The summed E-state index contributed by atoms with van der Waals surface area (Å²) in [6.07, 6.45) is 1.82. The summed E-state index contributed by atoms with van der Waals surface area (Å²) in [7, 11) is 3.24. The molecule has 0 aliphatic heterocycles. The number of aryl methyl sites for hydroxylation is 1. The Morgan fingerprint density at radius 2 is 1.65 bits per heavy atom. The number of rotatable bonds is 7. The summed E-state index contributed by atoms with van der Waals surface area (Å²) in [5, 5.41) is 2.99. The van der Waals surface area contributed by atoms with E-state index >= 15 is 0 Å². The average Bonchev–Trinajstić information content (AvgIpc) is 2.59. The molecular weight excluding hydrogens is 290 g/mol. The minimum absolute atomic E-state index is 0.0149. The van der Waals surface area contributed by atoms with E-state index < -0.39 is 0 Å². The van der Waals surface area contributed by atoms with Crippen molar-refractivity contribution in [2.24, 2.45) is 0 Å². The Hall–Kier alpha value is -2.49. The summed E-state index contributed by atoms with van der Waals surface area (Å²) < 4.78 is 10.7. The highest BCUT2D eigenvalue weighted by molar-refractivity contribution is 5.91. The quantitative estimate of drug-likeness (QED) is 0.845. The summed E-state index contributed by atoms with van der Waals surface area (Å²) in [5.41, 5.74) is 2.93. The first kappa shape index (κ1) is 16.9. The molecule has 0 aliphatic carbocycles. The molecule has 0 heterocycles. The number of carbonyl (C=O) groups excluding carboxylic acids is 1. The second kappa shape index (κ2) is 8.22. The van der Waals surface area contributed by atoms with Gasteiger partial charge in [-0.1, -0.05) is 31.2 Å². The maximum Gasteiger partial charge on any atom is 0.224 e. The van der Waals surface area contributed by atoms with Crippen LogP contribution in [0, 0.1) is 0 Å². The lowest BCUT2D eigenvalue weighted by molar-refractivity contribution is -0.116. The van der Waals surface area contributed by atoms with Crippen LogP contribution in [-0.4, -0.2) is 20.1 Å². The molecule has 0 aromatic heterocycles. The van der Waals surface area contributed by atoms with Gasteiger partial charge in [0.25, 0.3) is 0 Å². The average molecular weight is 313 g/mol. The smallest absolute Gasteiger partial charge is 0.224 e. The number of amides is 1. The van der Waals surface area contributed by atoms with Crippen molar-refractivity contribution < 1.29 is 14.3 Å². The zero-order chi connectivity index (χ0) is 16.7. The Balaban J connectivity index is 2.05. The van der Waals surface area contributed by atoms with Gasteiger partial charge in [-0.05, 0) is 36.6 Å². The van der Waals surface area contributed by atoms with Crippen molar-refractivity contribution in [2.45, 2.75) is 26.2 Å². The molecule has 0 spiro atoms. The van der Waals surface area contributed by atoms with Crippen molar-refractivity contribution in [3.8, 4) is 11.5 Å². The van der Waals surface area contributed by atoms with Gasteiger partial charge in [0, 0.05) is 17.7 Å². The lowest BCUT2D eigenvalue weighted by Crippen LogP contribution is -2.14. The van der Waals surface area contributed by atoms with Crippen LogP contribution in [0.3, 0.4) is 0 Å². The largest absolute Gasteiger partial charge is 0.496 e. The van der Waals surface area contributed by atoms with E-state index in [2.05, 4.69) is 12.2 Å². The lowest BCUT2D eigenvalue weighted by Gasteiger charge is -2.13. The summed E-state index contributed by atoms with van der Waals surface area (Å²) in [4.78, 5) is 12.3. The molecule has 1 amide bonds. The van der Waals surface area contributed by atoms with Crippen LogP contribution in [0.1, 0.15) is 24.5 Å². The number of hydrogen-bond acceptors (Lipinski definition) is 3. The summed E-state index contributed by atoms with van der Waals surface area (Å²) in [6, 6.07) is 13.5. The minimum Gasteiger partial charge on any atom is -0.496 e. The van der Waals surface area contributed by atoms with Gasteiger partial charge in [0.2, 0.25) is 5.91 Å². The highest BCUT2D eigenvalue weighted by atomic mass is 16.5. The van der Waals surface area contributed by atoms with E-state index in [1.807, 2.05) is 42.5 Å². The van der Waals surface area contributed by atoms with Crippen LogP contribution in [-0.2, 0) is 17.6 Å². The van der Waals surface area contributed by atoms with Gasteiger partial charge in [0.1, 0.15) is 11.5 Å². The predicted molar refractivity (Wildman–Crippen MR) is 92.3 cm³/mol. The molecule has 1 N–H and O–H groups in total. The molecule has 2 aromatic carbocycles. The van der Waals surface area contributed by atoms with Gasteiger partial charge in [0.15, 0.2) is 0 Å². The monoisotopic (exact) mass is 313 g/mol. The van der Waals surface area contributed by atoms with Gasteiger partial charge in [-0.15, -0.1) is 0 Å². The van der Waals surface area contributed by atoms with Gasteiger partial charge in [-0.3, -0.25) is 4.79 Å². The van der Waals surface area contributed by atoms with Crippen molar-refractivity contribution in [1.29, 1.82) is 0 Å². The lowest BCUT2D eigenvalue weighted by atomic mass is 10.1. The first-order chi connectivity index (χ1) is 11.2. The normalized spacial score (nSPS) is 10.2. The molecule has 0 saturated carbocycles. The fourth-order valence-electron chi connectivity index (χ4n) is 2.58. The molecule has 0 radical (unpaired) electrons. The van der Waals surface area contributed by atoms with Crippen molar-refractivity contribution in [2.75, 3.05) is 19.5 Å². The molecule has 0 atom stereocenters. The first-order valence-corrected chi connectivity index (χ1v) is 7.77. The number of methoxy groups -OCH3 is 2. The molecule has 0 bridgehead atoms. The van der Waals surface area contributed by atoms with E-state index in [0.717, 1.165) is 34.7 Å². The molecule has 0 aliphatic rings.